The molecule has 0 N–H and O–H groups in total. The molecule has 2 fully saturated rings. The first kappa shape index (κ1) is 17.7. The van der Waals surface area contributed by atoms with Crippen LogP contribution in [0.2, 0.25) is 0 Å². The largest absolute Gasteiger partial charge is 0.340 e. The molecule has 0 atom stereocenters. The summed E-state index contributed by atoms with van der Waals surface area (Å²) in [5.41, 5.74) is 1.03. The van der Waals surface area contributed by atoms with Crippen LogP contribution in [0.4, 0.5) is 0 Å². The van der Waals surface area contributed by atoms with Crippen molar-refractivity contribution < 1.29 is 9.59 Å². The molecule has 3 rings (SSSR count). The summed E-state index contributed by atoms with van der Waals surface area (Å²) < 4.78 is 0. The Kier molecular flexibility index (Phi) is 5.90. The monoisotopic (exact) mass is 340 g/mol. The van der Waals surface area contributed by atoms with Gasteiger partial charge in [0.25, 0.3) is 0 Å². The predicted molar refractivity (Wildman–Crippen MR) is 99.8 cm³/mol. The zero-order valence-corrected chi connectivity index (χ0v) is 15.1. The van der Waals surface area contributed by atoms with E-state index in [0.717, 1.165) is 37.8 Å². The number of likely N-dealkylation sites (tertiary alicyclic amines) is 1. The molecule has 0 bridgehead atoms. The minimum atomic E-state index is 0.0427. The first-order valence-electron chi connectivity index (χ1n) is 9.51. The maximum atomic E-state index is 12.8. The molecular formula is C21H28N2O2. The molecule has 1 heterocycles. The summed E-state index contributed by atoms with van der Waals surface area (Å²) in [5.74, 6) is 0.433. The van der Waals surface area contributed by atoms with Crippen molar-refractivity contribution in [1.29, 1.82) is 0 Å². The molecule has 1 aliphatic heterocycles. The maximum absolute atomic E-state index is 12.8. The Morgan fingerprint density at radius 1 is 1.12 bits per heavy atom. The SMILES string of the molecule is CCN(C(=O)C1CCN(C(=O)/C=C/c2ccccc2)CC1)C1CCC1. The van der Waals surface area contributed by atoms with E-state index < -0.39 is 0 Å². The Labute approximate surface area is 150 Å². The number of rotatable bonds is 5. The Hall–Kier alpha value is -2.10. The highest BCUT2D eigenvalue weighted by Crippen LogP contribution is 2.28. The van der Waals surface area contributed by atoms with Crippen molar-refractivity contribution >= 4 is 17.9 Å². The third-order valence-corrected chi connectivity index (χ3v) is 5.51. The average molecular weight is 340 g/mol. The van der Waals surface area contributed by atoms with Crippen LogP contribution in [0.5, 0.6) is 0 Å². The van der Waals surface area contributed by atoms with E-state index in [9.17, 15) is 9.59 Å². The van der Waals surface area contributed by atoms with Crippen LogP contribution in [-0.2, 0) is 9.59 Å². The Morgan fingerprint density at radius 2 is 1.80 bits per heavy atom. The normalized spacial score (nSPS) is 19.0. The van der Waals surface area contributed by atoms with Gasteiger partial charge in [-0.15, -0.1) is 0 Å². The van der Waals surface area contributed by atoms with E-state index in [4.69, 9.17) is 0 Å². The molecule has 4 heteroatoms. The van der Waals surface area contributed by atoms with Crippen molar-refractivity contribution in [1.82, 2.24) is 9.80 Å². The highest BCUT2D eigenvalue weighted by Gasteiger charge is 2.34. The van der Waals surface area contributed by atoms with Gasteiger partial charge >= 0.3 is 0 Å². The van der Waals surface area contributed by atoms with Crippen molar-refractivity contribution in [3.8, 4) is 0 Å². The minimum Gasteiger partial charge on any atom is -0.340 e. The second kappa shape index (κ2) is 8.32. The van der Waals surface area contributed by atoms with Crippen LogP contribution < -0.4 is 0 Å². The summed E-state index contributed by atoms with van der Waals surface area (Å²) in [6.45, 7) is 4.24. The van der Waals surface area contributed by atoms with E-state index in [1.54, 1.807) is 6.08 Å². The molecule has 0 unspecified atom stereocenters. The molecule has 1 aliphatic carbocycles. The van der Waals surface area contributed by atoms with Crippen molar-refractivity contribution in [2.45, 2.75) is 45.1 Å². The fourth-order valence-corrected chi connectivity index (χ4v) is 3.71. The van der Waals surface area contributed by atoms with Crippen LogP contribution in [0.1, 0.15) is 44.6 Å². The summed E-state index contributed by atoms with van der Waals surface area (Å²) in [6, 6.07) is 10.3. The molecule has 134 valence electrons. The quantitative estimate of drug-likeness (QED) is 0.771. The number of hydrogen-bond acceptors (Lipinski definition) is 2. The third-order valence-electron chi connectivity index (χ3n) is 5.51. The van der Waals surface area contributed by atoms with Gasteiger partial charge in [-0.3, -0.25) is 9.59 Å². The summed E-state index contributed by atoms with van der Waals surface area (Å²) in [7, 11) is 0. The van der Waals surface area contributed by atoms with Gasteiger partial charge in [0.15, 0.2) is 0 Å². The molecule has 1 aromatic rings. The van der Waals surface area contributed by atoms with Gasteiger partial charge in [-0.25, -0.2) is 0 Å². The molecule has 4 nitrogen and oxygen atoms in total. The molecule has 0 radical (unpaired) electrons. The van der Waals surface area contributed by atoms with Crippen LogP contribution in [0.3, 0.4) is 0 Å². The number of nitrogens with zero attached hydrogens (tertiary/aromatic N) is 2. The number of piperidine rings is 1. The van der Waals surface area contributed by atoms with Crippen molar-refractivity contribution in [3.05, 3.63) is 42.0 Å². The number of benzene rings is 1. The lowest BCUT2D eigenvalue weighted by Crippen LogP contribution is -2.49. The number of amides is 2. The van der Waals surface area contributed by atoms with Gasteiger partial charge in [0.05, 0.1) is 0 Å². The second-order valence-electron chi connectivity index (χ2n) is 7.05. The Morgan fingerprint density at radius 3 is 2.36 bits per heavy atom. The zero-order chi connectivity index (χ0) is 17.6. The average Bonchev–Trinajstić information content (AvgIpc) is 2.63. The van der Waals surface area contributed by atoms with E-state index >= 15 is 0 Å². The van der Waals surface area contributed by atoms with Gasteiger partial charge in [-0.05, 0) is 50.7 Å². The molecular weight excluding hydrogens is 312 g/mol. The summed E-state index contributed by atoms with van der Waals surface area (Å²) in [5, 5.41) is 0. The van der Waals surface area contributed by atoms with Gasteiger partial charge in [-0.2, -0.15) is 0 Å². The highest BCUT2D eigenvalue weighted by atomic mass is 16.2. The standard InChI is InChI=1S/C21H28N2O2/c1-2-23(19-9-6-10-19)21(25)18-13-15-22(16-14-18)20(24)12-11-17-7-4-3-5-8-17/h3-5,7-8,11-12,18-19H,2,6,9-10,13-16H2,1H3/b12-11+. The van der Waals surface area contributed by atoms with Gasteiger partial charge in [0, 0.05) is 37.7 Å². The molecule has 1 saturated carbocycles. The smallest absolute Gasteiger partial charge is 0.246 e. The third kappa shape index (κ3) is 4.30. The molecule has 2 aliphatic rings. The molecule has 1 saturated heterocycles. The maximum Gasteiger partial charge on any atom is 0.246 e. The predicted octanol–water partition coefficient (Wildman–Crippen LogP) is 3.34. The number of carbonyl (C=O) groups excluding carboxylic acids is 2. The molecule has 0 spiro atoms. The number of hydrogen-bond donors (Lipinski definition) is 0. The van der Waals surface area contributed by atoms with E-state index in [2.05, 4.69) is 11.8 Å². The zero-order valence-electron chi connectivity index (χ0n) is 15.1. The van der Waals surface area contributed by atoms with Crippen LogP contribution >= 0.6 is 0 Å². The fraction of sp³-hybridized carbons (Fsp3) is 0.524. The first-order chi connectivity index (χ1) is 12.2. The molecule has 0 aromatic heterocycles. The lowest BCUT2D eigenvalue weighted by molar-refractivity contribution is -0.142. The van der Waals surface area contributed by atoms with Crippen molar-refractivity contribution in [2.24, 2.45) is 5.92 Å². The Bertz CT molecular complexity index is 614. The fourth-order valence-electron chi connectivity index (χ4n) is 3.71. The number of carbonyl (C=O) groups is 2. The highest BCUT2D eigenvalue weighted by molar-refractivity contribution is 5.92. The van der Waals surface area contributed by atoms with Crippen molar-refractivity contribution in [3.63, 3.8) is 0 Å². The van der Waals surface area contributed by atoms with Crippen LogP contribution in [-0.4, -0.2) is 47.3 Å². The lowest BCUT2D eigenvalue weighted by Gasteiger charge is -2.40. The molecule has 2 amide bonds. The summed E-state index contributed by atoms with van der Waals surface area (Å²) in [4.78, 5) is 29.0. The van der Waals surface area contributed by atoms with Gasteiger partial charge < -0.3 is 9.80 Å². The second-order valence-corrected chi connectivity index (χ2v) is 7.05. The summed E-state index contributed by atoms with van der Waals surface area (Å²) >= 11 is 0. The van der Waals surface area contributed by atoms with Crippen LogP contribution in [0.25, 0.3) is 6.08 Å². The Balaban J connectivity index is 1.50. The van der Waals surface area contributed by atoms with Crippen LogP contribution in [0, 0.1) is 5.92 Å². The molecule has 1 aromatic carbocycles. The molecule has 25 heavy (non-hydrogen) atoms. The van der Waals surface area contributed by atoms with Gasteiger partial charge in [0.1, 0.15) is 0 Å². The van der Waals surface area contributed by atoms with E-state index in [0.29, 0.717) is 25.0 Å². The summed E-state index contributed by atoms with van der Waals surface area (Å²) in [6.07, 6.45) is 8.62. The lowest BCUT2D eigenvalue weighted by atomic mass is 9.88. The van der Waals surface area contributed by atoms with Gasteiger partial charge in [-0.1, -0.05) is 30.3 Å². The van der Waals surface area contributed by atoms with E-state index in [-0.39, 0.29) is 11.8 Å². The first-order valence-corrected chi connectivity index (χ1v) is 9.51. The van der Waals surface area contributed by atoms with Gasteiger partial charge in [0.2, 0.25) is 11.8 Å². The van der Waals surface area contributed by atoms with Crippen LogP contribution in [0.15, 0.2) is 36.4 Å². The van der Waals surface area contributed by atoms with Crippen molar-refractivity contribution in [2.75, 3.05) is 19.6 Å². The topological polar surface area (TPSA) is 40.6 Å². The minimum absolute atomic E-state index is 0.0427. The van der Waals surface area contributed by atoms with E-state index in [1.807, 2.05) is 41.3 Å². The van der Waals surface area contributed by atoms with E-state index in [1.165, 1.54) is 6.42 Å².